The molecule has 3 aliphatic carbocycles. The zero-order valence-electron chi connectivity index (χ0n) is 23.8. The minimum absolute atomic E-state index is 0.0491. The largest absolute Gasteiger partial charge is 0.469 e. The molecule has 1 N–H and O–H groups in total. The molecule has 1 heterocycles. The van der Waals surface area contributed by atoms with Crippen LogP contribution < -0.4 is 0 Å². The molecule has 202 valence electrons. The minimum atomic E-state index is -0.818. The maximum Gasteiger partial charge on any atom is 0.333 e. The molecule has 0 radical (unpaired) electrons. The Kier molecular flexibility index (Phi) is 7.07. The highest BCUT2D eigenvalue weighted by Gasteiger charge is 2.64. The summed E-state index contributed by atoms with van der Waals surface area (Å²) in [5.41, 5.74) is 1.37. The Bertz CT molecular complexity index is 957. The summed E-state index contributed by atoms with van der Waals surface area (Å²) in [5.74, 6) is 0.975. The fraction of sp³-hybridized carbons (Fsp3) is 0.806. The number of allylic oxidation sites excluding steroid dienone is 2. The average Bonchev–Trinajstić information content (AvgIpc) is 3.09. The maximum absolute atomic E-state index is 12.3. The Labute approximate surface area is 218 Å². The molecule has 4 aliphatic rings. The van der Waals surface area contributed by atoms with Crippen molar-refractivity contribution in [2.75, 3.05) is 7.11 Å². The molecule has 1 aliphatic heterocycles. The van der Waals surface area contributed by atoms with Crippen LogP contribution in [0.25, 0.3) is 0 Å². The molecule has 0 bridgehead atoms. The van der Waals surface area contributed by atoms with Crippen LogP contribution in [0.4, 0.5) is 0 Å². The van der Waals surface area contributed by atoms with Crippen LogP contribution in [0.2, 0.25) is 0 Å². The Morgan fingerprint density at radius 2 is 1.89 bits per heavy atom. The van der Waals surface area contributed by atoms with Crippen LogP contribution >= 0.6 is 0 Å². The summed E-state index contributed by atoms with van der Waals surface area (Å²) in [6.45, 7) is 15.3. The second-order valence-corrected chi connectivity index (χ2v) is 13.6. The number of methoxy groups -OCH3 is 1. The van der Waals surface area contributed by atoms with Gasteiger partial charge in [-0.2, -0.15) is 0 Å². The average molecular weight is 501 g/mol. The van der Waals surface area contributed by atoms with Crippen molar-refractivity contribution in [1.29, 1.82) is 0 Å². The topological polar surface area (TPSA) is 72.8 Å². The lowest BCUT2D eigenvalue weighted by molar-refractivity contribution is -0.151. The van der Waals surface area contributed by atoms with Gasteiger partial charge < -0.3 is 14.6 Å². The van der Waals surface area contributed by atoms with E-state index < -0.39 is 5.60 Å². The van der Waals surface area contributed by atoms with Gasteiger partial charge in [0.2, 0.25) is 0 Å². The van der Waals surface area contributed by atoms with Gasteiger partial charge in [-0.05, 0) is 99.2 Å². The first kappa shape index (κ1) is 27.4. The third-order valence-corrected chi connectivity index (χ3v) is 11.5. The number of fused-ring (bicyclic) bond motifs is 3. The van der Waals surface area contributed by atoms with Gasteiger partial charge in [0.05, 0.1) is 12.7 Å². The van der Waals surface area contributed by atoms with Crippen LogP contribution in [0, 0.1) is 39.9 Å². The number of carbonyl (C=O) groups is 2. The lowest BCUT2D eigenvalue weighted by atomic mass is 9.44. The Morgan fingerprint density at radius 1 is 1.19 bits per heavy atom. The van der Waals surface area contributed by atoms with Gasteiger partial charge in [-0.25, -0.2) is 4.79 Å². The van der Waals surface area contributed by atoms with Crippen LogP contribution in [0.1, 0.15) is 99.8 Å². The van der Waals surface area contributed by atoms with Gasteiger partial charge in [0.15, 0.2) is 0 Å². The number of cyclic esters (lactones) is 1. The summed E-state index contributed by atoms with van der Waals surface area (Å²) in [4.78, 5) is 24.5. The molecule has 8 atom stereocenters. The molecule has 0 spiro atoms. The van der Waals surface area contributed by atoms with Crippen molar-refractivity contribution in [2.24, 2.45) is 39.9 Å². The minimum Gasteiger partial charge on any atom is -0.469 e. The Hall–Kier alpha value is -1.62. The fourth-order valence-electron chi connectivity index (χ4n) is 9.20. The van der Waals surface area contributed by atoms with Crippen molar-refractivity contribution in [3.05, 3.63) is 23.3 Å². The quantitative estimate of drug-likeness (QED) is 0.338. The zero-order valence-corrected chi connectivity index (χ0v) is 23.8. The lowest BCUT2D eigenvalue weighted by Crippen LogP contribution is -2.55. The lowest BCUT2D eigenvalue weighted by Gasteiger charge is -2.61. The van der Waals surface area contributed by atoms with E-state index in [9.17, 15) is 14.7 Å². The predicted octanol–water partition coefficient (Wildman–Crippen LogP) is 6.39. The van der Waals surface area contributed by atoms with E-state index in [0.29, 0.717) is 30.6 Å². The SMILES string of the molecule is COC(=O)CC[C@]1(C)C2=CC[C@]3(C)C([C@H](C)[C@H]4CC=C(C)C(=O)O4)CC[C@@]3(C)C2CC[C@H]1C(C)(C)O. The first-order valence-electron chi connectivity index (χ1n) is 14.1. The number of carbonyl (C=O) groups excluding carboxylic acids is 2. The second-order valence-electron chi connectivity index (χ2n) is 13.6. The molecule has 5 heteroatoms. The van der Waals surface area contributed by atoms with E-state index in [2.05, 4.69) is 33.8 Å². The van der Waals surface area contributed by atoms with E-state index in [1.54, 1.807) is 0 Å². The number of esters is 2. The van der Waals surface area contributed by atoms with E-state index in [4.69, 9.17) is 9.47 Å². The standard InChI is InChI=1S/C31H48O5/c1-19-9-11-24(36-27(19)33)20(2)21-13-17-31(7)23-10-12-25(28(3,4)34)29(5,16-15-26(32)35-8)22(23)14-18-30(21,31)6/h9,14,20-21,23-25,34H,10-13,15-18H2,1-8H3/t20-,21?,23?,24+,25-,29+,30+,31-/m0/s1. The molecular formula is C31H48O5. The molecule has 0 amide bonds. The molecule has 0 aromatic heterocycles. The van der Waals surface area contributed by atoms with Crippen molar-refractivity contribution in [2.45, 2.75) is 112 Å². The molecule has 0 aromatic carbocycles. The van der Waals surface area contributed by atoms with E-state index in [0.717, 1.165) is 44.1 Å². The van der Waals surface area contributed by atoms with E-state index in [1.807, 2.05) is 26.8 Å². The van der Waals surface area contributed by atoms with Crippen molar-refractivity contribution in [1.82, 2.24) is 0 Å². The molecule has 2 fully saturated rings. The van der Waals surface area contributed by atoms with Gasteiger partial charge >= 0.3 is 11.9 Å². The molecule has 4 rings (SSSR count). The zero-order chi connectivity index (χ0) is 26.7. The Morgan fingerprint density at radius 3 is 2.50 bits per heavy atom. The van der Waals surface area contributed by atoms with E-state index in [-0.39, 0.29) is 40.2 Å². The van der Waals surface area contributed by atoms with E-state index >= 15 is 0 Å². The van der Waals surface area contributed by atoms with Crippen LogP contribution in [0.15, 0.2) is 23.3 Å². The molecule has 5 nitrogen and oxygen atoms in total. The first-order valence-corrected chi connectivity index (χ1v) is 14.1. The van der Waals surface area contributed by atoms with Crippen molar-refractivity contribution in [3.63, 3.8) is 0 Å². The monoisotopic (exact) mass is 500 g/mol. The van der Waals surface area contributed by atoms with Gasteiger partial charge in [0, 0.05) is 18.4 Å². The van der Waals surface area contributed by atoms with Crippen LogP contribution in [-0.4, -0.2) is 35.9 Å². The highest BCUT2D eigenvalue weighted by molar-refractivity contribution is 5.88. The number of hydrogen-bond donors (Lipinski definition) is 1. The highest BCUT2D eigenvalue weighted by atomic mass is 16.5. The summed E-state index contributed by atoms with van der Waals surface area (Å²) in [5, 5.41) is 11.2. The van der Waals surface area contributed by atoms with Crippen LogP contribution in [0.5, 0.6) is 0 Å². The number of ether oxygens (including phenoxy) is 2. The molecule has 0 saturated heterocycles. The number of aliphatic hydroxyl groups is 1. The second kappa shape index (κ2) is 9.29. The first-order chi connectivity index (χ1) is 16.7. The van der Waals surface area contributed by atoms with Gasteiger partial charge in [0.25, 0.3) is 0 Å². The Balaban J connectivity index is 1.67. The molecule has 0 aromatic rings. The van der Waals surface area contributed by atoms with Crippen molar-refractivity contribution in [3.8, 4) is 0 Å². The van der Waals surface area contributed by atoms with Crippen LogP contribution in [0.3, 0.4) is 0 Å². The highest BCUT2D eigenvalue weighted by Crippen LogP contribution is 2.71. The molecule has 36 heavy (non-hydrogen) atoms. The van der Waals surface area contributed by atoms with E-state index in [1.165, 1.54) is 12.7 Å². The molecule has 2 unspecified atom stereocenters. The summed E-state index contributed by atoms with van der Waals surface area (Å²) in [6.07, 6.45) is 11.7. The summed E-state index contributed by atoms with van der Waals surface area (Å²) < 4.78 is 10.9. The van der Waals surface area contributed by atoms with Gasteiger partial charge in [0.1, 0.15) is 6.10 Å². The fourth-order valence-corrected chi connectivity index (χ4v) is 9.20. The van der Waals surface area contributed by atoms with Gasteiger partial charge in [-0.1, -0.05) is 45.4 Å². The number of rotatable bonds is 6. The van der Waals surface area contributed by atoms with Crippen molar-refractivity contribution < 1.29 is 24.2 Å². The van der Waals surface area contributed by atoms with Gasteiger partial charge in [-0.15, -0.1) is 0 Å². The normalized spacial score (nSPS) is 41.4. The summed E-state index contributed by atoms with van der Waals surface area (Å²) in [7, 11) is 1.45. The molecule has 2 saturated carbocycles. The van der Waals surface area contributed by atoms with Crippen LogP contribution in [-0.2, 0) is 19.1 Å². The van der Waals surface area contributed by atoms with Gasteiger partial charge in [-0.3, -0.25) is 4.79 Å². The third kappa shape index (κ3) is 4.18. The predicted molar refractivity (Wildman–Crippen MR) is 141 cm³/mol. The van der Waals surface area contributed by atoms with Crippen molar-refractivity contribution >= 4 is 11.9 Å². The molecular weight excluding hydrogens is 452 g/mol. The smallest absolute Gasteiger partial charge is 0.333 e. The summed E-state index contributed by atoms with van der Waals surface area (Å²) >= 11 is 0. The third-order valence-electron chi connectivity index (χ3n) is 11.5. The maximum atomic E-state index is 12.3. The summed E-state index contributed by atoms with van der Waals surface area (Å²) in [6, 6.07) is 0. The number of hydrogen-bond acceptors (Lipinski definition) is 5.